The Balaban J connectivity index is 1.66. The van der Waals surface area contributed by atoms with E-state index in [-0.39, 0.29) is 30.8 Å². The topological polar surface area (TPSA) is 79.2 Å². The zero-order valence-corrected chi connectivity index (χ0v) is 13.3. The molecule has 1 saturated heterocycles. The standard InChI is InChI=1S/C16H14F4N2O4/c17-11-7-9(1-2-10(11)16(18,19)20)13(23)22-5-3-15(4-6-22)8-12(14(24)25)21-26-15/h1-2,7H,3-6,8H2,(H,24,25). The van der Waals surface area contributed by atoms with Crippen LogP contribution in [0.25, 0.3) is 0 Å². The molecule has 1 amide bonds. The number of alkyl halides is 3. The van der Waals surface area contributed by atoms with Gasteiger partial charge in [-0.2, -0.15) is 13.2 Å². The first-order chi connectivity index (χ1) is 12.1. The molecule has 0 unspecified atom stereocenters. The molecule has 1 aromatic rings. The van der Waals surface area contributed by atoms with Crippen LogP contribution in [0.1, 0.15) is 35.2 Å². The molecule has 2 heterocycles. The predicted molar refractivity (Wildman–Crippen MR) is 80.0 cm³/mol. The molecule has 3 rings (SSSR count). The molecule has 1 fully saturated rings. The summed E-state index contributed by atoms with van der Waals surface area (Å²) in [5.74, 6) is -3.26. The first-order valence-electron chi connectivity index (χ1n) is 7.76. The summed E-state index contributed by atoms with van der Waals surface area (Å²) >= 11 is 0. The summed E-state index contributed by atoms with van der Waals surface area (Å²) in [5.41, 5.74) is -2.48. The molecule has 0 bridgehead atoms. The number of benzene rings is 1. The molecule has 2 aliphatic heterocycles. The Labute approximate surface area is 145 Å². The van der Waals surface area contributed by atoms with Crippen molar-refractivity contribution in [2.24, 2.45) is 5.16 Å². The van der Waals surface area contributed by atoms with Crippen molar-refractivity contribution in [1.82, 2.24) is 4.90 Å². The second kappa shape index (κ2) is 6.26. The number of aliphatic carboxylic acids is 1. The van der Waals surface area contributed by atoms with Crippen LogP contribution in [0.3, 0.4) is 0 Å². The average molecular weight is 374 g/mol. The lowest BCUT2D eigenvalue weighted by Gasteiger charge is -2.37. The largest absolute Gasteiger partial charge is 0.477 e. The van der Waals surface area contributed by atoms with Crippen LogP contribution in [0.5, 0.6) is 0 Å². The number of carbonyl (C=O) groups is 2. The zero-order chi connectivity index (χ0) is 19.1. The number of piperidine rings is 1. The Kier molecular flexibility index (Phi) is 4.37. The van der Waals surface area contributed by atoms with Crippen molar-refractivity contribution in [2.45, 2.75) is 31.0 Å². The van der Waals surface area contributed by atoms with Gasteiger partial charge in [-0.05, 0) is 18.2 Å². The van der Waals surface area contributed by atoms with Crippen molar-refractivity contribution in [1.29, 1.82) is 0 Å². The summed E-state index contributed by atoms with van der Waals surface area (Å²) in [6, 6.07) is 2.06. The molecule has 10 heteroatoms. The molecule has 1 N–H and O–H groups in total. The lowest BCUT2D eigenvalue weighted by Crippen LogP contribution is -2.47. The number of nitrogens with zero attached hydrogens (tertiary/aromatic N) is 2. The van der Waals surface area contributed by atoms with E-state index in [4.69, 9.17) is 9.94 Å². The molecule has 0 aliphatic carbocycles. The lowest BCUT2D eigenvalue weighted by molar-refractivity contribution is -0.140. The third kappa shape index (κ3) is 3.35. The first-order valence-corrected chi connectivity index (χ1v) is 7.76. The number of halogens is 4. The molecule has 2 aliphatic rings. The fraction of sp³-hybridized carbons (Fsp3) is 0.438. The quantitative estimate of drug-likeness (QED) is 0.808. The third-order valence-corrected chi connectivity index (χ3v) is 4.57. The Morgan fingerprint density at radius 2 is 1.88 bits per heavy atom. The van der Waals surface area contributed by atoms with E-state index < -0.39 is 35.0 Å². The number of hydrogen-bond donors (Lipinski definition) is 1. The molecule has 140 valence electrons. The summed E-state index contributed by atoms with van der Waals surface area (Å²) in [6.45, 7) is 0.397. The number of amides is 1. The van der Waals surface area contributed by atoms with Crippen molar-refractivity contribution >= 4 is 17.6 Å². The van der Waals surface area contributed by atoms with Gasteiger partial charge in [0.1, 0.15) is 11.4 Å². The van der Waals surface area contributed by atoms with Gasteiger partial charge in [0.25, 0.3) is 5.91 Å². The molecule has 26 heavy (non-hydrogen) atoms. The molecule has 1 aromatic carbocycles. The van der Waals surface area contributed by atoms with Crippen LogP contribution in [-0.2, 0) is 15.8 Å². The Morgan fingerprint density at radius 3 is 2.38 bits per heavy atom. The van der Waals surface area contributed by atoms with Crippen molar-refractivity contribution < 1.29 is 37.1 Å². The van der Waals surface area contributed by atoms with Crippen molar-refractivity contribution in [2.75, 3.05) is 13.1 Å². The van der Waals surface area contributed by atoms with Gasteiger partial charge in [0.15, 0.2) is 5.71 Å². The minimum atomic E-state index is -4.83. The van der Waals surface area contributed by atoms with Crippen LogP contribution in [-0.4, -0.2) is 46.3 Å². The Bertz CT molecular complexity index is 783. The monoisotopic (exact) mass is 374 g/mol. The van der Waals surface area contributed by atoms with Gasteiger partial charge < -0.3 is 14.8 Å². The van der Waals surface area contributed by atoms with Crippen LogP contribution < -0.4 is 0 Å². The first kappa shape index (κ1) is 18.2. The minimum Gasteiger partial charge on any atom is -0.477 e. The van der Waals surface area contributed by atoms with E-state index >= 15 is 0 Å². The number of oxime groups is 1. The van der Waals surface area contributed by atoms with Gasteiger partial charge in [0, 0.05) is 37.9 Å². The fourth-order valence-electron chi connectivity index (χ4n) is 3.08. The lowest BCUT2D eigenvalue weighted by atomic mass is 9.86. The van der Waals surface area contributed by atoms with Gasteiger partial charge in [-0.1, -0.05) is 5.16 Å². The summed E-state index contributed by atoms with van der Waals surface area (Å²) in [5, 5.41) is 12.5. The van der Waals surface area contributed by atoms with Gasteiger partial charge in [0.05, 0.1) is 5.56 Å². The molecule has 6 nitrogen and oxygen atoms in total. The number of carbonyl (C=O) groups excluding carboxylic acids is 1. The number of rotatable bonds is 2. The normalized spacial score (nSPS) is 19.2. The van der Waals surface area contributed by atoms with Crippen LogP contribution in [0.15, 0.2) is 23.4 Å². The zero-order valence-electron chi connectivity index (χ0n) is 13.3. The number of hydrogen-bond acceptors (Lipinski definition) is 4. The third-order valence-electron chi connectivity index (χ3n) is 4.57. The van der Waals surface area contributed by atoms with Crippen LogP contribution in [0, 0.1) is 5.82 Å². The maximum absolute atomic E-state index is 13.7. The number of likely N-dealkylation sites (tertiary alicyclic amines) is 1. The molecular weight excluding hydrogens is 360 g/mol. The molecule has 0 aromatic heterocycles. The molecular formula is C16H14F4N2O4. The highest BCUT2D eigenvalue weighted by Gasteiger charge is 2.44. The van der Waals surface area contributed by atoms with E-state index in [1.807, 2.05) is 0 Å². The second-order valence-electron chi connectivity index (χ2n) is 6.28. The van der Waals surface area contributed by atoms with E-state index in [1.54, 1.807) is 0 Å². The van der Waals surface area contributed by atoms with Crippen LogP contribution in [0.4, 0.5) is 17.6 Å². The second-order valence-corrected chi connectivity index (χ2v) is 6.28. The van der Waals surface area contributed by atoms with E-state index in [2.05, 4.69) is 5.16 Å². The fourth-order valence-corrected chi connectivity index (χ4v) is 3.08. The smallest absolute Gasteiger partial charge is 0.419 e. The maximum atomic E-state index is 13.7. The van der Waals surface area contributed by atoms with Gasteiger partial charge in [-0.3, -0.25) is 4.79 Å². The van der Waals surface area contributed by atoms with Crippen LogP contribution in [0.2, 0.25) is 0 Å². The predicted octanol–water partition coefficient (Wildman–Crippen LogP) is 2.68. The van der Waals surface area contributed by atoms with Gasteiger partial charge in [-0.25, -0.2) is 9.18 Å². The summed E-state index contributed by atoms with van der Waals surface area (Å²) in [6.07, 6.45) is -4.06. The summed E-state index contributed by atoms with van der Waals surface area (Å²) < 4.78 is 51.4. The Hall–Kier alpha value is -2.65. The summed E-state index contributed by atoms with van der Waals surface area (Å²) in [7, 11) is 0. The minimum absolute atomic E-state index is 0.0883. The molecule has 0 saturated carbocycles. The maximum Gasteiger partial charge on any atom is 0.419 e. The highest BCUT2D eigenvalue weighted by atomic mass is 19.4. The molecule has 0 atom stereocenters. The van der Waals surface area contributed by atoms with Gasteiger partial charge >= 0.3 is 12.1 Å². The van der Waals surface area contributed by atoms with Gasteiger partial charge in [-0.15, -0.1) is 0 Å². The van der Waals surface area contributed by atoms with E-state index in [9.17, 15) is 27.2 Å². The van der Waals surface area contributed by atoms with E-state index in [0.29, 0.717) is 25.0 Å². The summed E-state index contributed by atoms with van der Waals surface area (Å²) in [4.78, 5) is 29.9. The van der Waals surface area contributed by atoms with Crippen molar-refractivity contribution in [3.8, 4) is 0 Å². The average Bonchev–Trinajstić information content (AvgIpc) is 2.98. The number of carboxylic acids is 1. The Morgan fingerprint density at radius 1 is 1.23 bits per heavy atom. The van der Waals surface area contributed by atoms with Crippen molar-refractivity contribution in [3.05, 3.63) is 35.1 Å². The van der Waals surface area contributed by atoms with Gasteiger partial charge in [0.2, 0.25) is 0 Å². The highest BCUT2D eigenvalue weighted by molar-refractivity contribution is 6.36. The number of carboxylic acid groups (broad SMARTS) is 1. The molecule has 1 spiro atoms. The van der Waals surface area contributed by atoms with Crippen LogP contribution >= 0.6 is 0 Å². The van der Waals surface area contributed by atoms with E-state index in [0.717, 1.165) is 6.07 Å². The van der Waals surface area contributed by atoms with E-state index in [1.165, 1.54) is 4.90 Å². The SMILES string of the molecule is O=C(O)C1=NOC2(CCN(C(=O)c3ccc(C(F)(F)F)c(F)c3)CC2)C1. The molecule has 0 radical (unpaired) electrons. The highest BCUT2D eigenvalue weighted by Crippen LogP contribution is 2.35. The van der Waals surface area contributed by atoms with Crippen molar-refractivity contribution in [3.63, 3.8) is 0 Å².